The van der Waals surface area contributed by atoms with E-state index in [4.69, 9.17) is 14.5 Å². The molecule has 304 valence electrons. The standard InChI is InChI=1S/C47H50N6O6/c54-33-7-8-35-40(20-33)58-28-37(30-4-2-1-3-5-30)43(35)31-6-12-41(48-23-31)51-16-14-47(15-17-51)21-29(22-47)24-50-18-19-52-32(25-50)27-59-44-36-26-53(39-11-13-42(55)49-45(39)56)46(57)34(36)9-10-38(44)52/h1-10,12,20,23,29,32,37,39,43,54H,11,13-19,21-22,24-28H2,(H,49,55,56)/t32-,37-,39?,43-/m1/s1. The summed E-state index contributed by atoms with van der Waals surface area (Å²) in [5.41, 5.74) is 6.43. The summed E-state index contributed by atoms with van der Waals surface area (Å²) in [4.78, 5) is 51.9. The lowest BCUT2D eigenvalue weighted by atomic mass is 9.57. The molecule has 11 rings (SSSR count). The maximum absolute atomic E-state index is 13.4. The number of piperazine rings is 1. The van der Waals surface area contributed by atoms with Gasteiger partial charge in [-0.2, -0.15) is 0 Å². The number of ether oxygens (including phenoxy) is 2. The maximum Gasteiger partial charge on any atom is 0.255 e. The second-order valence-corrected chi connectivity index (χ2v) is 18.0. The number of nitrogens with zero attached hydrogens (tertiary/aromatic N) is 5. The fourth-order valence-electron chi connectivity index (χ4n) is 11.6. The first-order valence-corrected chi connectivity index (χ1v) is 21.4. The molecule has 6 aliphatic heterocycles. The van der Waals surface area contributed by atoms with Gasteiger partial charge in [0, 0.05) is 86.5 Å². The predicted molar refractivity (Wildman–Crippen MR) is 221 cm³/mol. The molecule has 0 radical (unpaired) electrons. The Kier molecular flexibility index (Phi) is 8.83. The van der Waals surface area contributed by atoms with E-state index in [0.29, 0.717) is 37.2 Å². The largest absolute Gasteiger partial charge is 0.508 e. The van der Waals surface area contributed by atoms with Crippen molar-refractivity contribution in [2.75, 3.05) is 62.3 Å². The van der Waals surface area contributed by atoms with E-state index >= 15 is 0 Å². The number of hydrogen-bond acceptors (Lipinski definition) is 10. The Morgan fingerprint density at radius 3 is 2.51 bits per heavy atom. The second kappa shape index (κ2) is 14.3. The van der Waals surface area contributed by atoms with E-state index in [1.165, 1.54) is 31.2 Å². The number of piperidine rings is 2. The van der Waals surface area contributed by atoms with Crippen LogP contribution in [0.1, 0.15) is 83.0 Å². The molecular formula is C47H50N6O6. The highest BCUT2D eigenvalue weighted by molar-refractivity contribution is 6.06. The van der Waals surface area contributed by atoms with E-state index in [-0.39, 0.29) is 41.9 Å². The third-order valence-electron chi connectivity index (χ3n) is 14.6. The number of phenols is 1. The Morgan fingerprint density at radius 1 is 0.864 bits per heavy atom. The highest BCUT2D eigenvalue weighted by atomic mass is 16.5. The van der Waals surface area contributed by atoms with Crippen molar-refractivity contribution in [2.45, 2.75) is 69.0 Å². The van der Waals surface area contributed by atoms with E-state index in [1.807, 2.05) is 24.3 Å². The molecule has 7 aliphatic rings. The molecule has 12 heteroatoms. The molecule has 12 nitrogen and oxygen atoms in total. The third kappa shape index (κ3) is 6.38. The maximum atomic E-state index is 13.4. The number of benzene rings is 3. The zero-order valence-electron chi connectivity index (χ0n) is 33.2. The molecule has 3 amide bonds. The fourth-order valence-corrected chi connectivity index (χ4v) is 11.6. The summed E-state index contributed by atoms with van der Waals surface area (Å²) in [7, 11) is 0. The Balaban J connectivity index is 0.688. The number of aromatic hydroxyl groups is 1. The van der Waals surface area contributed by atoms with Crippen molar-refractivity contribution in [1.29, 1.82) is 0 Å². The van der Waals surface area contributed by atoms with Gasteiger partial charge < -0.3 is 29.3 Å². The molecular weight excluding hydrogens is 745 g/mol. The van der Waals surface area contributed by atoms with Crippen LogP contribution in [0.3, 0.4) is 0 Å². The summed E-state index contributed by atoms with van der Waals surface area (Å²) < 4.78 is 12.6. The summed E-state index contributed by atoms with van der Waals surface area (Å²) in [6.45, 7) is 7.52. The summed E-state index contributed by atoms with van der Waals surface area (Å²) in [6.07, 6.45) is 7.64. The first kappa shape index (κ1) is 36.5. The molecule has 1 saturated carbocycles. The zero-order valence-corrected chi connectivity index (χ0v) is 33.2. The van der Waals surface area contributed by atoms with Crippen LogP contribution in [0.25, 0.3) is 0 Å². The van der Waals surface area contributed by atoms with Crippen LogP contribution in [0.15, 0.2) is 79.0 Å². The smallest absolute Gasteiger partial charge is 0.255 e. The van der Waals surface area contributed by atoms with Gasteiger partial charge in [-0.25, -0.2) is 4.98 Å². The van der Waals surface area contributed by atoms with E-state index in [1.54, 1.807) is 17.0 Å². The van der Waals surface area contributed by atoms with Crippen LogP contribution in [-0.2, 0) is 16.1 Å². The highest BCUT2D eigenvalue weighted by Gasteiger charge is 2.48. The second-order valence-electron chi connectivity index (χ2n) is 18.0. The molecule has 1 aromatic heterocycles. The van der Waals surface area contributed by atoms with Gasteiger partial charge >= 0.3 is 0 Å². The Hall–Kier alpha value is -5.62. The van der Waals surface area contributed by atoms with Crippen LogP contribution in [0.4, 0.5) is 11.5 Å². The highest BCUT2D eigenvalue weighted by Crippen LogP contribution is 2.54. The van der Waals surface area contributed by atoms with Crippen LogP contribution in [0, 0.1) is 11.3 Å². The molecule has 3 saturated heterocycles. The number of carbonyl (C=O) groups is 3. The van der Waals surface area contributed by atoms with Crippen molar-refractivity contribution in [3.8, 4) is 17.2 Å². The third-order valence-corrected chi connectivity index (χ3v) is 14.6. The van der Waals surface area contributed by atoms with Gasteiger partial charge in [0.2, 0.25) is 11.8 Å². The predicted octanol–water partition coefficient (Wildman–Crippen LogP) is 5.44. The Labute approximate surface area is 344 Å². The average molecular weight is 795 g/mol. The minimum absolute atomic E-state index is 0.0804. The molecule has 4 fully saturated rings. The topological polar surface area (TPSA) is 128 Å². The molecule has 1 spiro atoms. The molecule has 3 aromatic carbocycles. The lowest BCUT2D eigenvalue weighted by molar-refractivity contribution is -0.136. The van der Waals surface area contributed by atoms with Crippen LogP contribution >= 0.6 is 0 Å². The quantitative estimate of drug-likeness (QED) is 0.244. The number of pyridine rings is 1. The van der Waals surface area contributed by atoms with E-state index in [9.17, 15) is 19.5 Å². The van der Waals surface area contributed by atoms with Crippen molar-refractivity contribution in [2.24, 2.45) is 11.3 Å². The van der Waals surface area contributed by atoms with Gasteiger partial charge in [0.15, 0.2) is 0 Å². The summed E-state index contributed by atoms with van der Waals surface area (Å²) >= 11 is 0. The number of anilines is 2. The van der Waals surface area contributed by atoms with Crippen LogP contribution in [-0.4, -0.2) is 102 Å². The van der Waals surface area contributed by atoms with Crippen LogP contribution in [0.2, 0.25) is 0 Å². The van der Waals surface area contributed by atoms with Crippen molar-refractivity contribution < 1.29 is 29.0 Å². The van der Waals surface area contributed by atoms with Crippen molar-refractivity contribution in [3.63, 3.8) is 0 Å². The van der Waals surface area contributed by atoms with Gasteiger partial charge in [0.25, 0.3) is 5.91 Å². The number of amides is 3. The van der Waals surface area contributed by atoms with Gasteiger partial charge in [-0.3, -0.25) is 24.6 Å². The van der Waals surface area contributed by atoms with E-state index < -0.39 is 11.9 Å². The normalized spacial score (nSPS) is 26.2. The Bertz CT molecular complexity index is 2300. The lowest BCUT2D eigenvalue weighted by Gasteiger charge is -2.54. The first-order chi connectivity index (χ1) is 28.8. The fraction of sp³-hybridized carbons (Fsp3) is 0.447. The van der Waals surface area contributed by atoms with Gasteiger partial charge in [-0.15, -0.1) is 0 Å². The van der Waals surface area contributed by atoms with Gasteiger partial charge in [0.05, 0.1) is 24.9 Å². The van der Waals surface area contributed by atoms with Gasteiger partial charge in [-0.05, 0) is 78.8 Å². The number of nitrogens with one attached hydrogen (secondary N) is 1. The van der Waals surface area contributed by atoms with Crippen molar-refractivity contribution in [3.05, 3.63) is 107 Å². The van der Waals surface area contributed by atoms with Crippen LogP contribution in [0.5, 0.6) is 17.2 Å². The molecule has 2 N–H and O–H groups in total. The minimum Gasteiger partial charge on any atom is -0.508 e. The average Bonchev–Trinajstić information content (AvgIpc) is 3.58. The summed E-state index contributed by atoms with van der Waals surface area (Å²) in [5.74, 6) is 2.89. The van der Waals surface area contributed by atoms with E-state index in [0.717, 1.165) is 84.9 Å². The molecule has 1 aliphatic carbocycles. The van der Waals surface area contributed by atoms with Crippen LogP contribution < -0.4 is 24.6 Å². The minimum atomic E-state index is -0.634. The molecule has 0 bridgehead atoms. The number of carbonyl (C=O) groups excluding carboxylic acids is 3. The number of aromatic nitrogens is 1. The van der Waals surface area contributed by atoms with Crippen molar-refractivity contribution >= 4 is 29.2 Å². The molecule has 4 atom stereocenters. The summed E-state index contributed by atoms with van der Waals surface area (Å²) in [6, 6.07) is 24.0. The molecule has 59 heavy (non-hydrogen) atoms. The number of phenolic OH excluding ortho intramolecular Hbond substituents is 1. The number of imide groups is 1. The molecule has 1 unspecified atom stereocenters. The van der Waals surface area contributed by atoms with Gasteiger partial charge in [0.1, 0.15) is 35.7 Å². The monoisotopic (exact) mass is 794 g/mol. The number of hydrogen-bond donors (Lipinski definition) is 2. The molecule has 7 heterocycles. The van der Waals surface area contributed by atoms with Crippen molar-refractivity contribution in [1.82, 2.24) is 20.1 Å². The van der Waals surface area contributed by atoms with E-state index in [2.05, 4.69) is 62.6 Å². The number of fused-ring (bicyclic) bond motifs is 6. The lowest BCUT2D eigenvalue weighted by Crippen LogP contribution is -2.59. The SMILES string of the molecule is O=C1CCC(N2Cc3c(ccc4c3OC[C@H]3CN(CC5CC6(CCN(c7ccc([C@@H]8c9ccc(O)cc9OC[C@@H]8c8ccccc8)cn7)CC6)C5)CCN43)C2=O)C(=O)N1. The Morgan fingerprint density at radius 2 is 1.71 bits per heavy atom. The zero-order chi connectivity index (χ0) is 39.8. The number of rotatable bonds is 6. The van der Waals surface area contributed by atoms with Gasteiger partial charge in [-0.1, -0.05) is 42.5 Å². The summed E-state index contributed by atoms with van der Waals surface area (Å²) in [5, 5.41) is 12.6. The first-order valence-electron chi connectivity index (χ1n) is 21.4. The molecule has 4 aromatic rings.